The Balaban J connectivity index is 1.84. The Morgan fingerprint density at radius 3 is 2.23 bits per heavy atom. The molecule has 204 valence electrons. The molecule has 7 heteroatoms. The molecule has 1 saturated heterocycles. The van der Waals surface area contributed by atoms with E-state index in [0.29, 0.717) is 47.4 Å². The van der Waals surface area contributed by atoms with Gasteiger partial charge in [-0.25, -0.2) is 0 Å². The van der Waals surface area contributed by atoms with Crippen molar-refractivity contribution in [2.45, 2.75) is 33.2 Å². The van der Waals surface area contributed by atoms with Gasteiger partial charge in [-0.05, 0) is 66.4 Å². The second kappa shape index (κ2) is 12.1. The minimum Gasteiger partial charge on any atom is -0.507 e. The van der Waals surface area contributed by atoms with Gasteiger partial charge >= 0.3 is 0 Å². The highest BCUT2D eigenvalue weighted by molar-refractivity contribution is 6.52. The van der Waals surface area contributed by atoms with E-state index < -0.39 is 17.7 Å². The lowest BCUT2D eigenvalue weighted by Gasteiger charge is -2.27. The van der Waals surface area contributed by atoms with Gasteiger partial charge in [0, 0.05) is 25.3 Å². The number of hydrogen-bond donors (Lipinski definition) is 1. The maximum Gasteiger partial charge on any atom is 0.300 e. The zero-order chi connectivity index (χ0) is 28.1. The number of anilines is 2. The Hall–Kier alpha value is -4.26. The first-order valence-electron chi connectivity index (χ1n) is 13.3. The van der Waals surface area contributed by atoms with E-state index in [2.05, 4.69) is 13.8 Å². The molecule has 4 rings (SSSR count). The van der Waals surface area contributed by atoms with Crippen LogP contribution in [0.25, 0.3) is 5.76 Å². The van der Waals surface area contributed by atoms with Crippen molar-refractivity contribution in [2.75, 3.05) is 37.1 Å². The van der Waals surface area contributed by atoms with Crippen LogP contribution in [-0.2, 0) is 9.59 Å². The summed E-state index contributed by atoms with van der Waals surface area (Å²) in [6.45, 7) is 7.17. The number of nitrogens with zero attached hydrogens (tertiary/aromatic N) is 2. The van der Waals surface area contributed by atoms with Crippen molar-refractivity contribution in [1.29, 1.82) is 0 Å². The Bertz CT molecular complexity index is 1340. The minimum atomic E-state index is -0.843. The van der Waals surface area contributed by atoms with E-state index in [0.717, 1.165) is 12.1 Å². The van der Waals surface area contributed by atoms with E-state index >= 15 is 0 Å². The smallest absolute Gasteiger partial charge is 0.300 e. The first kappa shape index (κ1) is 27.8. The van der Waals surface area contributed by atoms with Gasteiger partial charge in [0.15, 0.2) is 0 Å². The van der Waals surface area contributed by atoms with E-state index in [4.69, 9.17) is 9.47 Å². The summed E-state index contributed by atoms with van der Waals surface area (Å²) in [4.78, 5) is 30.5. The van der Waals surface area contributed by atoms with Crippen LogP contribution in [0.4, 0.5) is 11.4 Å². The lowest BCUT2D eigenvalue weighted by Crippen LogP contribution is -2.30. The van der Waals surface area contributed by atoms with Gasteiger partial charge in [0.05, 0.1) is 30.5 Å². The van der Waals surface area contributed by atoms with Crippen LogP contribution in [0.5, 0.6) is 11.5 Å². The maximum atomic E-state index is 13.6. The molecular formula is C32H36N2O5. The summed E-state index contributed by atoms with van der Waals surface area (Å²) in [5.74, 6) is -0.166. The summed E-state index contributed by atoms with van der Waals surface area (Å²) >= 11 is 0. The molecule has 0 aliphatic carbocycles. The van der Waals surface area contributed by atoms with Crippen LogP contribution in [-0.4, -0.2) is 44.1 Å². The second-order valence-electron chi connectivity index (χ2n) is 10.2. The monoisotopic (exact) mass is 528 g/mol. The van der Waals surface area contributed by atoms with E-state index in [1.54, 1.807) is 42.5 Å². The molecule has 1 amide bonds. The number of ketones is 1. The molecule has 1 heterocycles. The number of carbonyl (C=O) groups is 2. The highest BCUT2D eigenvalue weighted by atomic mass is 16.5. The molecular weight excluding hydrogens is 492 g/mol. The number of hydrogen-bond acceptors (Lipinski definition) is 6. The second-order valence-corrected chi connectivity index (χ2v) is 10.2. The van der Waals surface area contributed by atoms with Gasteiger partial charge in [-0.3, -0.25) is 14.5 Å². The van der Waals surface area contributed by atoms with Crippen molar-refractivity contribution in [1.82, 2.24) is 0 Å². The number of benzene rings is 3. The van der Waals surface area contributed by atoms with E-state index in [1.165, 1.54) is 4.90 Å². The van der Waals surface area contributed by atoms with Crippen molar-refractivity contribution in [2.24, 2.45) is 5.92 Å². The topological polar surface area (TPSA) is 79.3 Å². The first-order valence-corrected chi connectivity index (χ1v) is 13.3. The third-order valence-electron chi connectivity index (χ3n) is 6.47. The molecule has 1 fully saturated rings. The molecule has 1 aliphatic heterocycles. The first-order chi connectivity index (χ1) is 18.7. The number of para-hydroxylation sites is 2. The summed E-state index contributed by atoms with van der Waals surface area (Å²) in [6, 6.07) is 20.8. The molecule has 0 spiro atoms. The van der Waals surface area contributed by atoms with E-state index in [-0.39, 0.29) is 11.3 Å². The van der Waals surface area contributed by atoms with Gasteiger partial charge < -0.3 is 19.5 Å². The Morgan fingerprint density at radius 1 is 0.949 bits per heavy atom. The van der Waals surface area contributed by atoms with Crippen LogP contribution < -0.4 is 19.3 Å². The molecule has 3 aromatic rings. The van der Waals surface area contributed by atoms with Gasteiger partial charge in [-0.2, -0.15) is 0 Å². The lowest BCUT2D eigenvalue weighted by molar-refractivity contribution is -0.132. The molecule has 1 unspecified atom stereocenters. The third-order valence-corrected chi connectivity index (χ3v) is 6.47. The fourth-order valence-electron chi connectivity index (χ4n) is 4.47. The molecule has 0 bridgehead atoms. The predicted octanol–water partition coefficient (Wildman–Crippen LogP) is 6.20. The number of ether oxygens (including phenoxy) is 2. The molecule has 39 heavy (non-hydrogen) atoms. The lowest BCUT2D eigenvalue weighted by atomic mass is 9.94. The van der Waals surface area contributed by atoms with E-state index in [1.807, 2.05) is 56.3 Å². The normalized spacial score (nSPS) is 16.6. The average Bonchev–Trinajstić information content (AvgIpc) is 3.20. The van der Waals surface area contributed by atoms with E-state index in [9.17, 15) is 14.7 Å². The number of amides is 1. The molecule has 1 N–H and O–H groups in total. The van der Waals surface area contributed by atoms with Crippen LogP contribution in [0.15, 0.2) is 78.4 Å². The van der Waals surface area contributed by atoms with Gasteiger partial charge in [-0.1, -0.05) is 45.0 Å². The molecule has 7 nitrogen and oxygen atoms in total. The number of aliphatic hydroxyl groups excluding tert-OH is 1. The Labute approximate surface area is 230 Å². The average molecular weight is 529 g/mol. The van der Waals surface area contributed by atoms with Crippen molar-refractivity contribution in [3.8, 4) is 11.5 Å². The predicted molar refractivity (Wildman–Crippen MR) is 155 cm³/mol. The number of rotatable bonds is 10. The van der Waals surface area contributed by atoms with Crippen LogP contribution in [0.3, 0.4) is 0 Å². The minimum absolute atomic E-state index is 0.0266. The number of carbonyl (C=O) groups excluding carboxylic acids is 2. The van der Waals surface area contributed by atoms with Crippen LogP contribution in [0.1, 0.15) is 44.4 Å². The third kappa shape index (κ3) is 5.93. The van der Waals surface area contributed by atoms with Crippen LogP contribution in [0.2, 0.25) is 0 Å². The van der Waals surface area contributed by atoms with Crippen molar-refractivity contribution in [3.05, 3.63) is 89.5 Å². The molecule has 0 radical (unpaired) electrons. The molecule has 0 aromatic heterocycles. The molecule has 3 aromatic carbocycles. The zero-order valence-electron chi connectivity index (χ0n) is 23.2. The molecule has 1 atom stereocenters. The summed E-state index contributed by atoms with van der Waals surface area (Å²) in [5, 5.41) is 11.5. The maximum absolute atomic E-state index is 13.6. The van der Waals surface area contributed by atoms with Crippen molar-refractivity contribution in [3.63, 3.8) is 0 Å². The fraction of sp³-hybridized carbons (Fsp3) is 0.312. The highest BCUT2D eigenvalue weighted by Gasteiger charge is 2.47. The largest absolute Gasteiger partial charge is 0.507 e. The van der Waals surface area contributed by atoms with Crippen LogP contribution >= 0.6 is 0 Å². The summed E-state index contributed by atoms with van der Waals surface area (Å²) in [7, 11) is 3.88. The zero-order valence-corrected chi connectivity index (χ0v) is 23.2. The summed E-state index contributed by atoms with van der Waals surface area (Å²) in [5.41, 5.74) is 2.60. The Kier molecular flexibility index (Phi) is 8.59. The summed E-state index contributed by atoms with van der Waals surface area (Å²) < 4.78 is 11.7. The number of aliphatic hydroxyl groups is 1. The highest BCUT2D eigenvalue weighted by Crippen LogP contribution is 2.45. The quantitative estimate of drug-likeness (QED) is 0.192. The number of Topliss-reactive ketones (excluding diaryl/α,β-unsaturated/α-hetero) is 1. The Morgan fingerprint density at radius 2 is 1.62 bits per heavy atom. The van der Waals surface area contributed by atoms with Gasteiger partial charge in [0.25, 0.3) is 11.7 Å². The van der Waals surface area contributed by atoms with Gasteiger partial charge in [-0.15, -0.1) is 0 Å². The standard InChI is InChI=1S/C32H36N2O5/c1-6-19-38-27-10-8-7-9-26(27)34-29(22-11-15-24(16-12-22)33(4)5)28(31(36)32(34)37)30(35)23-13-17-25(18-14-23)39-20-21(2)3/h7-18,21,29,35H,6,19-20H2,1-5H3/b30-28-. The van der Waals surface area contributed by atoms with Gasteiger partial charge in [0.1, 0.15) is 17.3 Å². The van der Waals surface area contributed by atoms with Crippen molar-refractivity contribution < 1.29 is 24.2 Å². The van der Waals surface area contributed by atoms with Gasteiger partial charge in [0.2, 0.25) is 0 Å². The molecule has 1 aliphatic rings. The molecule has 0 saturated carbocycles. The summed E-state index contributed by atoms with van der Waals surface area (Å²) in [6.07, 6.45) is 0.791. The van der Waals surface area contributed by atoms with Crippen molar-refractivity contribution >= 4 is 28.8 Å². The fourth-order valence-corrected chi connectivity index (χ4v) is 4.47. The SMILES string of the molecule is CCCOc1ccccc1N1C(=O)C(=O)/C(=C(\O)c2ccc(OCC(C)C)cc2)C1c1ccc(N(C)C)cc1. The van der Waals surface area contributed by atoms with Crippen LogP contribution in [0, 0.1) is 5.92 Å².